The third-order valence-corrected chi connectivity index (χ3v) is 8.31. The lowest BCUT2D eigenvalue weighted by molar-refractivity contribution is -0.0279. The lowest BCUT2D eigenvalue weighted by Crippen LogP contribution is -2.56. The minimum Gasteiger partial charge on any atom is -0.465 e. The molecule has 126 valence electrons. The summed E-state index contributed by atoms with van der Waals surface area (Å²) in [5, 5.41) is 20.5. The molecule has 4 nitrogen and oxygen atoms in total. The molecule has 0 aromatic heterocycles. The summed E-state index contributed by atoms with van der Waals surface area (Å²) in [5.74, 6) is 1.43. The van der Waals surface area contributed by atoms with E-state index in [9.17, 15) is 14.3 Å². The van der Waals surface area contributed by atoms with Crippen LogP contribution in [0.3, 0.4) is 0 Å². The first-order valence-corrected chi connectivity index (χ1v) is 9.69. The van der Waals surface area contributed by atoms with Gasteiger partial charge in [0.1, 0.15) is 9.90 Å². The van der Waals surface area contributed by atoms with Crippen molar-refractivity contribution in [3.63, 3.8) is 0 Å². The van der Waals surface area contributed by atoms with Crippen molar-refractivity contribution in [1.82, 2.24) is 4.90 Å². The van der Waals surface area contributed by atoms with E-state index in [-0.39, 0.29) is 18.9 Å². The lowest BCUT2D eigenvalue weighted by atomic mass is 9.84. The van der Waals surface area contributed by atoms with E-state index in [4.69, 9.17) is 5.11 Å². The molecule has 1 amide bonds. The number of carbonyl (C=O) groups is 1. The Kier molecular flexibility index (Phi) is 4.80. The molecule has 3 rings (SSSR count). The third-order valence-electron chi connectivity index (χ3n) is 4.60. The zero-order valence-electron chi connectivity index (χ0n) is 12.7. The van der Waals surface area contributed by atoms with Crippen molar-refractivity contribution < 1.29 is 19.4 Å². The van der Waals surface area contributed by atoms with Gasteiger partial charge in [0.25, 0.3) is 0 Å². The van der Waals surface area contributed by atoms with Gasteiger partial charge in [-0.05, 0) is 36.8 Å². The van der Waals surface area contributed by atoms with E-state index in [0.29, 0.717) is 18.4 Å². The SMILES string of the molecule is O=C(O)N1CCC(O)(C2(c3ccccc3F)SCCCS2)CC1. The minimum absolute atomic E-state index is 0.281. The molecule has 7 heteroatoms. The first kappa shape index (κ1) is 16.9. The maximum atomic E-state index is 14.5. The molecule has 23 heavy (non-hydrogen) atoms. The van der Waals surface area contributed by atoms with E-state index in [1.165, 1.54) is 11.0 Å². The van der Waals surface area contributed by atoms with Crippen LogP contribution in [0, 0.1) is 5.82 Å². The second kappa shape index (κ2) is 6.53. The fourth-order valence-electron chi connectivity index (χ4n) is 3.33. The molecule has 0 bridgehead atoms. The topological polar surface area (TPSA) is 60.8 Å². The molecule has 1 aromatic rings. The number of thioether (sulfide) groups is 2. The zero-order chi connectivity index (χ0) is 16.5. The predicted octanol–water partition coefficient (Wildman–Crippen LogP) is 3.35. The van der Waals surface area contributed by atoms with Crippen LogP contribution in [-0.4, -0.2) is 51.4 Å². The number of rotatable bonds is 2. The summed E-state index contributed by atoms with van der Waals surface area (Å²) in [6.07, 6.45) is 0.723. The zero-order valence-corrected chi connectivity index (χ0v) is 14.3. The molecule has 1 aromatic carbocycles. The Morgan fingerprint density at radius 3 is 2.35 bits per heavy atom. The number of carboxylic acid groups (broad SMARTS) is 1. The van der Waals surface area contributed by atoms with Crippen LogP contribution < -0.4 is 0 Å². The van der Waals surface area contributed by atoms with Gasteiger partial charge < -0.3 is 15.1 Å². The van der Waals surface area contributed by atoms with Crippen molar-refractivity contribution in [3.05, 3.63) is 35.6 Å². The number of hydrogen-bond donors (Lipinski definition) is 2. The Labute approximate surface area is 143 Å². The first-order valence-electron chi connectivity index (χ1n) is 7.72. The second-order valence-corrected chi connectivity index (χ2v) is 8.83. The van der Waals surface area contributed by atoms with Crippen LogP contribution in [0.15, 0.2) is 24.3 Å². The number of hydrogen-bond acceptors (Lipinski definition) is 4. The summed E-state index contributed by atoms with van der Waals surface area (Å²) in [5.41, 5.74) is -0.586. The van der Waals surface area contributed by atoms with E-state index in [1.807, 2.05) is 0 Å². The summed E-state index contributed by atoms with van der Waals surface area (Å²) in [7, 11) is 0. The van der Waals surface area contributed by atoms with Gasteiger partial charge in [0.05, 0.1) is 5.60 Å². The average molecular weight is 357 g/mol. The Morgan fingerprint density at radius 1 is 1.17 bits per heavy atom. The summed E-state index contributed by atoms with van der Waals surface area (Å²) >= 11 is 3.20. The number of likely N-dealkylation sites (tertiary alicyclic amines) is 1. The Bertz CT molecular complexity index is 584. The number of aliphatic hydroxyl groups is 1. The summed E-state index contributed by atoms with van der Waals surface area (Å²) in [6, 6.07) is 6.64. The summed E-state index contributed by atoms with van der Waals surface area (Å²) in [4.78, 5) is 12.4. The van der Waals surface area contributed by atoms with E-state index in [2.05, 4.69) is 0 Å². The molecule has 2 fully saturated rings. The monoisotopic (exact) mass is 357 g/mol. The molecule has 0 unspecified atom stereocenters. The van der Waals surface area contributed by atoms with Crippen LogP contribution in [0.2, 0.25) is 0 Å². The van der Waals surface area contributed by atoms with Crippen molar-refractivity contribution >= 4 is 29.6 Å². The fourth-order valence-corrected chi connectivity index (χ4v) is 7.09. The van der Waals surface area contributed by atoms with Crippen LogP contribution in [0.25, 0.3) is 0 Å². The summed E-state index contributed by atoms with van der Waals surface area (Å²) < 4.78 is 13.7. The largest absolute Gasteiger partial charge is 0.465 e. The number of nitrogens with zero attached hydrogens (tertiary/aromatic N) is 1. The third kappa shape index (κ3) is 2.94. The molecule has 0 atom stereocenters. The number of amides is 1. The van der Waals surface area contributed by atoms with Crippen molar-refractivity contribution in [2.45, 2.75) is 28.9 Å². The highest BCUT2D eigenvalue weighted by Gasteiger charge is 2.55. The predicted molar refractivity (Wildman–Crippen MR) is 91.4 cm³/mol. The van der Waals surface area contributed by atoms with Gasteiger partial charge in [0.2, 0.25) is 0 Å². The molecule has 2 heterocycles. The average Bonchev–Trinajstić information content (AvgIpc) is 2.56. The number of piperidine rings is 1. The molecule has 2 aliphatic heterocycles. The molecule has 2 aliphatic rings. The molecule has 2 N–H and O–H groups in total. The van der Waals surface area contributed by atoms with E-state index in [1.54, 1.807) is 41.7 Å². The van der Waals surface area contributed by atoms with Gasteiger partial charge in [0.15, 0.2) is 0 Å². The summed E-state index contributed by atoms with van der Waals surface area (Å²) in [6.45, 7) is 0.562. The second-order valence-electron chi connectivity index (χ2n) is 5.95. The van der Waals surface area contributed by atoms with Crippen LogP contribution in [0.5, 0.6) is 0 Å². The number of benzene rings is 1. The molecule has 0 radical (unpaired) electrons. The highest BCUT2D eigenvalue weighted by atomic mass is 32.2. The standard InChI is InChI=1S/C16H20FNO3S2/c17-13-5-2-1-4-12(13)16(22-10-3-11-23-16)15(21)6-8-18(9-7-15)14(19)20/h1-2,4-5,21H,3,6-11H2,(H,19,20). The van der Waals surface area contributed by atoms with Crippen molar-refractivity contribution in [1.29, 1.82) is 0 Å². The van der Waals surface area contributed by atoms with E-state index < -0.39 is 15.8 Å². The lowest BCUT2D eigenvalue weighted by Gasteiger charge is -2.51. The first-order chi connectivity index (χ1) is 11.0. The van der Waals surface area contributed by atoms with Crippen molar-refractivity contribution in [2.75, 3.05) is 24.6 Å². The van der Waals surface area contributed by atoms with Crippen LogP contribution in [0.4, 0.5) is 9.18 Å². The smallest absolute Gasteiger partial charge is 0.407 e. The van der Waals surface area contributed by atoms with Crippen LogP contribution in [0.1, 0.15) is 24.8 Å². The van der Waals surface area contributed by atoms with Crippen LogP contribution in [-0.2, 0) is 4.08 Å². The van der Waals surface area contributed by atoms with Gasteiger partial charge in [-0.1, -0.05) is 18.2 Å². The van der Waals surface area contributed by atoms with E-state index in [0.717, 1.165) is 17.9 Å². The number of halogens is 1. The van der Waals surface area contributed by atoms with Crippen molar-refractivity contribution in [2.24, 2.45) is 0 Å². The fraction of sp³-hybridized carbons (Fsp3) is 0.562. The highest BCUT2D eigenvalue weighted by Crippen LogP contribution is 2.60. The molecule has 0 aliphatic carbocycles. The Morgan fingerprint density at radius 2 is 1.78 bits per heavy atom. The van der Waals surface area contributed by atoms with Crippen LogP contribution >= 0.6 is 23.5 Å². The Balaban J connectivity index is 1.97. The van der Waals surface area contributed by atoms with Gasteiger partial charge in [-0.2, -0.15) is 0 Å². The molecule has 0 spiro atoms. The van der Waals surface area contributed by atoms with Gasteiger partial charge in [0, 0.05) is 18.7 Å². The van der Waals surface area contributed by atoms with Gasteiger partial charge >= 0.3 is 6.09 Å². The quantitative estimate of drug-likeness (QED) is 0.850. The Hall–Kier alpha value is -0.920. The molecular weight excluding hydrogens is 337 g/mol. The van der Waals surface area contributed by atoms with E-state index >= 15 is 0 Å². The van der Waals surface area contributed by atoms with Gasteiger partial charge in [-0.3, -0.25) is 0 Å². The van der Waals surface area contributed by atoms with Gasteiger partial charge in [-0.25, -0.2) is 9.18 Å². The molecular formula is C16H20FNO3S2. The highest BCUT2D eigenvalue weighted by molar-refractivity contribution is 8.18. The maximum absolute atomic E-state index is 14.5. The molecule has 0 saturated carbocycles. The maximum Gasteiger partial charge on any atom is 0.407 e. The van der Waals surface area contributed by atoms with Crippen molar-refractivity contribution in [3.8, 4) is 0 Å². The normalized spacial score (nSPS) is 23.5. The molecule has 2 saturated heterocycles. The minimum atomic E-state index is -1.11. The van der Waals surface area contributed by atoms with Gasteiger partial charge in [-0.15, -0.1) is 23.5 Å².